The van der Waals surface area contributed by atoms with Gasteiger partial charge in [0.1, 0.15) is 6.04 Å². The molecule has 1 heterocycles. The van der Waals surface area contributed by atoms with Crippen molar-refractivity contribution in [2.75, 3.05) is 17.2 Å². The molecule has 28 heavy (non-hydrogen) atoms. The van der Waals surface area contributed by atoms with Crippen molar-refractivity contribution in [1.29, 1.82) is 0 Å². The summed E-state index contributed by atoms with van der Waals surface area (Å²) in [6.07, 6.45) is 1.58. The molecule has 1 aromatic carbocycles. The van der Waals surface area contributed by atoms with E-state index in [4.69, 9.17) is 0 Å². The van der Waals surface area contributed by atoms with E-state index in [1.165, 1.54) is 11.3 Å². The number of hydrogen-bond donors (Lipinski definition) is 4. The molecule has 0 bridgehead atoms. The molecular weight excluding hydrogens is 376 g/mol. The van der Waals surface area contributed by atoms with Crippen molar-refractivity contribution in [3.8, 4) is 0 Å². The molecule has 0 aliphatic carbocycles. The Kier molecular flexibility index (Phi) is 7.76. The second-order valence-electron chi connectivity index (χ2n) is 6.36. The molecule has 0 saturated carbocycles. The smallest absolute Gasteiger partial charge is 0.319 e. The van der Waals surface area contributed by atoms with Crippen LogP contribution in [0, 0.1) is 5.92 Å². The molecule has 0 saturated heterocycles. The monoisotopic (exact) mass is 400 g/mol. The van der Waals surface area contributed by atoms with E-state index in [2.05, 4.69) is 27.8 Å². The summed E-state index contributed by atoms with van der Waals surface area (Å²) in [5.74, 6) is -0.656. The van der Waals surface area contributed by atoms with Gasteiger partial charge in [0.2, 0.25) is 5.91 Å². The minimum atomic E-state index is -0.669. The zero-order valence-electron chi connectivity index (χ0n) is 15.8. The molecule has 0 spiro atoms. The van der Waals surface area contributed by atoms with E-state index < -0.39 is 6.04 Å². The van der Waals surface area contributed by atoms with Crippen LogP contribution in [-0.2, 0) is 4.79 Å². The molecule has 0 aliphatic rings. The van der Waals surface area contributed by atoms with Crippen LogP contribution in [0.15, 0.2) is 54.4 Å². The molecule has 148 valence electrons. The number of urea groups is 1. The third-order valence-electron chi connectivity index (χ3n) is 3.80. The first-order valence-electron chi connectivity index (χ1n) is 8.81. The van der Waals surface area contributed by atoms with Gasteiger partial charge in [-0.1, -0.05) is 26.0 Å². The van der Waals surface area contributed by atoms with Crippen LogP contribution >= 0.6 is 11.3 Å². The fourth-order valence-electron chi connectivity index (χ4n) is 2.35. The maximum absolute atomic E-state index is 12.6. The second-order valence-corrected chi connectivity index (χ2v) is 7.31. The van der Waals surface area contributed by atoms with E-state index in [0.29, 0.717) is 22.8 Å². The summed E-state index contributed by atoms with van der Waals surface area (Å²) in [5, 5.41) is 12.7. The molecule has 0 aliphatic heterocycles. The lowest BCUT2D eigenvalue weighted by atomic mass is 10.0. The predicted octanol–water partition coefficient (Wildman–Crippen LogP) is 3.45. The highest BCUT2D eigenvalue weighted by molar-refractivity contribution is 7.12. The van der Waals surface area contributed by atoms with Gasteiger partial charge in [-0.05, 0) is 41.6 Å². The molecule has 4 N–H and O–H groups in total. The number of carbonyl (C=O) groups excluding carboxylic acids is 3. The largest absolute Gasteiger partial charge is 0.339 e. The van der Waals surface area contributed by atoms with Crippen LogP contribution in [0.1, 0.15) is 23.5 Å². The van der Waals surface area contributed by atoms with E-state index in [-0.39, 0.29) is 23.8 Å². The summed E-state index contributed by atoms with van der Waals surface area (Å²) in [5.41, 5.74) is 1.16. The van der Waals surface area contributed by atoms with Crippen LogP contribution < -0.4 is 21.3 Å². The number of thiophene rings is 1. The van der Waals surface area contributed by atoms with Crippen molar-refractivity contribution in [3.05, 3.63) is 59.3 Å². The van der Waals surface area contributed by atoms with Gasteiger partial charge in [-0.25, -0.2) is 4.79 Å². The summed E-state index contributed by atoms with van der Waals surface area (Å²) in [6.45, 7) is 7.64. The topological polar surface area (TPSA) is 99.3 Å². The number of amides is 4. The van der Waals surface area contributed by atoms with E-state index in [1.54, 1.807) is 42.5 Å². The SMILES string of the molecule is C=CCNC(=O)Nc1ccc(NC(=O)C(NC(=O)c2cccs2)C(C)C)cc1. The molecule has 7 nitrogen and oxygen atoms in total. The second kappa shape index (κ2) is 10.3. The van der Waals surface area contributed by atoms with Crippen molar-refractivity contribution in [3.63, 3.8) is 0 Å². The van der Waals surface area contributed by atoms with Gasteiger partial charge in [0.15, 0.2) is 0 Å². The summed E-state index contributed by atoms with van der Waals surface area (Å²) >= 11 is 1.32. The molecule has 8 heteroatoms. The van der Waals surface area contributed by atoms with Crippen molar-refractivity contribution < 1.29 is 14.4 Å². The maximum Gasteiger partial charge on any atom is 0.319 e. The summed E-state index contributed by atoms with van der Waals surface area (Å²) < 4.78 is 0. The Labute approximate surface area is 168 Å². The van der Waals surface area contributed by atoms with Gasteiger partial charge in [0, 0.05) is 17.9 Å². The zero-order valence-corrected chi connectivity index (χ0v) is 16.6. The van der Waals surface area contributed by atoms with Gasteiger partial charge >= 0.3 is 6.03 Å². The highest BCUT2D eigenvalue weighted by Gasteiger charge is 2.25. The lowest BCUT2D eigenvalue weighted by molar-refractivity contribution is -0.118. The van der Waals surface area contributed by atoms with Gasteiger partial charge in [0.05, 0.1) is 4.88 Å². The first kappa shape index (κ1) is 21.2. The molecule has 2 aromatic rings. The molecule has 0 fully saturated rings. The number of rotatable bonds is 8. The molecule has 4 amide bonds. The van der Waals surface area contributed by atoms with Gasteiger partial charge in [-0.2, -0.15) is 0 Å². The van der Waals surface area contributed by atoms with Crippen molar-refractivity contribution in [2.24, 2.45) is 5.92 Å². The number of nitrogens with one attached hydrogen (secondary N) is 4. The van der Waals surface area contributed by atoms with Crippen LogP contribution in [-0.4, -0.2) is 30.4 Å². The minimum absolute atomic E-state index is 0.0848. The van der Waals surface area contributed by atoms with E-state index in [1.807, 2.05) is 19.2 Å². The van der Waals surface area contributed by atoms with E-state index in [0.717, 1.165) is 0 Å². The number of anilines is 2. The van der Waals surface area contributed by atoms with Crippen LogP contribution in [0.3, 0.4) is 0 Å². The van der Waals surface area contributed by atoms with Gasteiger partial charge < -0.3 is 21.3 Å². The minimum Gasteiger partial charge on any atom is -0.339 e. The maximum atomic E-state index is 12.6. The molecule has 2 rings (SSSR count). The number of benzene rings is 1. The Hall–Kier alpha value is -3.13. The highest BCUT2D eigenvalue weighted by atomic mass is 32.1. The molecular formula is C20H24N4O3S. The third-order valence-corrected chi connectivity index (χ3v) is 4.67. The Morgan fingerprint density at radius 1 is 1.07 bits per heavy atom. The Morgan fingerprint density at radius 3 is 2.25 bits per heavy atom. The summed E-state index contributed by atoms with van der Waals surface area (Å²) in [6, 6.07) is 9.21. The first-order chi connectivity index (χ1) is 13.4. The van der Waals surface area contributed by atoms with Crippen LogP contribution in [0.2, 0.25) is 0 Å². The van der Waals surface area contributed by atoms with Crippen LogP contribution in [0.25, 0.3) is 0 Å². The van der Waals surface area contributed by atoms with E-state index in [9.17, 15) is 14.4 Å². The van der Waals surface area contributed by atoms with Gasteiger partial charge in [-0.15, -0.1) is 17.9 Å². The molecule has 1 unspecified atom stereocenters. The average Bonchev–Trinajstić information content (AvgIpc) is 3.20. The number of hydrogen-bond acceptors (Lipinski definition) is 4. The van der Waals surface area contributed by atoms with Crippen LogP contribution in [0.4, 0.5) is 16.2 Å². The lowest BCUT2D eigenvalue weighted by Crippen LogP contribution is -2.46. The fraction of sp³-hybridized carbons (Fsp3) is 0.250. The average molecular weight is 401 g/mol. The summed E-state index contributed by atoms with van der Waals surface area (Å²) in [4.78, 5) is 37.1. The van der Waals surface area contributed by atoms with E-state index >= 15 is 0 Å². The van der Waals surface area contributed by atoms with Crippen molar-refractivity contribution >= 4 is 40.6 Å². The quantitative estimate of drug-likeness (QED) is 0.511. The Morgan fingerprint density at radius 2 is 1.71 bits per heavy atom. The third kappa shape index (κ3) is 6.24. The van der Waals surface area contributed by atoms with Crippen molar-refractivity contribution in [1.82, 2.24) is 10.6 Å². The zero-order chi connectivity index (χ0) is 20.5. The fourth-order valence-corrected chi connectivity index (χ4v) is 2.98. The Bertz CT molecular complexity index is 816. The van der Waals surface area contributed by atoms with Gasteiger partial charge in [0.25, 0.3) is 5.91 Å². The normalized spacial score (nSPS) is 11.4. The molecule has 1 aromatic heterocycles. The Balaban J connectivity index is 1.96. The lowest BCUT2D eigenvalue weighted by Gasteiger charge is -2.21. The highest BCUT2D eigenvalue weighted by Crippen LogP contribution is 2.15. The molecule has 0 radical (unpaired) electrons. The van der Waals surface area contributed by atoms with Crippen LogP contribution in [0.5, 0.6) is 0 Å². The number of carbonyl (C=O) groups is 3. The standard InChI is InChI=1S/C20H24N4O3S/c1-4-11-21-20(27)23-15-9-7-14(8-10-15)22-19(26)17(13(2)3)24-18(25)16-6-5-12-28-16/h4-10,12-13,17H,1,11H2,2-3H3,(H,22,26)(H,24,25)(H2,21,23,27). The predicted molar refractivity (Wildman–Crippen MR) is 113 cm³/mol. The summed E-state index contributed by atoms with van der Waals surface area (Å²) in [7, 11) is 0. The van der Waals surface area contributed by atoms with Crippen molar-refractivity contribution in [2.45, 2.75) is 19.9 Å². The first-order valence-corrected chi connectivity index (χ1v) is 9.69. The molecule has 1 atom stereocenters. The van der Waals surface area contributed by atoms with Gasteiger partial charge in [-0.3, -0.25) is 9.59 Å².